The Kier molecular flexibility index (Phi) is 4.88. The van der Waals surface area contributed by atoms with Gasteiger partial charge in [-0.15, -0.1) is 0 Å². The Balaban J connectivity index is 1.72. The van der Waals surface area contributed by atoms with Crippen LogP contribution in [0, 0.1) is 0 Å². The molecular formula is C22H27N3O4. The number of likely N-dealkylation sites (tertiary alicyclic amines) is 1. The van der Waals surface area contributed by atoms with Gasteiger partial charge in [0.2, 0.25) is 0 Å². The van der Waals surface area contributed by atoms with Gasteiger partial charge in [-0.05, 0) is 45.0 Å². The number of nitrogens with two attached hydrogens (primary N) is 1. The van der Waals surface area contributed by atoms with Gasteiger partial charge in [-0.25, -0.2) is 4.79 Å². The van der Waals surface area contributed by atoms with E-state index in [1.165, 1.54) is 0 Å². The van der Waals surface area contributed by atoms with Crippen LogP contribution in [0.5, 0.6) is 11.5 Å². The molecule has 1 amide bonds. The number of para-hydroxylation sites is 4. The number of aliphatic hydroxyl groups excluding tert-OH is 1. The number of carbonyl (C=O) groups is 1. The molecule has 7 heteroatoms. The van der Waals surface area contributed by atoms with Gasteiger partial charge in [-0.3, -0.25) is 0 Å². The van der Waals surface area contributed by atoms with Gasteiger partial charge in [0.15, 0.2) is 11.5 Å². The van der Waals surface area contributed by atoms with Crippen LogP contribution in [-0.2, 0) is 4.74 Å². The largest absolute Gasteiger partial charge is 0.453 e. The van der Waals surface area contributed by atoms with Crippen molar-refractivity contribution in [2.45, 2.75) is 44.6 Å². The molecule has 7 nitrogen and oxygen atoms in total. The minimum atomic E-state index is -0.826. The number of hydrogen-bond donors (Lipinski definition) is 2. The molecule has 4 rings (SSSR count). The molecule has 29 heavy (non-hydrogen) atoms. The summed E-state index contributed by atoms with van der Waals surface area (Å²) >= 11 is 0. The summed E-state index contributed by atoms with van der Waals surface area (Å²) in [7, 11) is 0. The van der Waals surface area contributed by atoms with E-state index < -0.39 is 29.9 Å². The Hall–Kier alpha value is -2.77. The van der Waals surface area contributed by atoms with Crippen molar-refractivity contribution in [3.8, 4) is 11.5 Å². The van der Waals surface area contributed by atoms with Crippen molar-refractivity contribution in [3.05, 3.63) is 48.5 Å². The fourth-order valence-corrected chi connectivity index (χ4v) is 3.86. The molecule has 2 aromatic rings. The first-order valence-corrected chi connectivity index (χ1v) is 9.81. The summed E-state index contributed by atoms with van der Waals surface area (Å²) in [6, 6.07) is 14.3. The van der Waals surface area contributed by atoms with E-state index in [0.717, 1.165) is 11.4 Å². The first kappa shape index (κ1) is 19.5. The topological polar surface area (TPSA) is 88.3 Å². The maximum atomic E-state index is 12.7. The van der Waals surface area contributed by atoms with Gasteiger partial charge in [-0.1, -0.05) is 24.3 Å². The number of nitrogens with zero attached hydrogens (tertiary/aromatic N) is 2. The van der Waals surface area contributed by atoms with Gasteiger partial charge in [0.1, 0.15) is 5.60 Å². The first-order valence-electron chi connectivity index (χ1n) is 9.81. The third kappa shape index (κ3) is 3.75. The summed E-state index contributed by atoms with van der Waals surface area (Å²) in [5, 5.41) is 11.0. The summed E-state index contributed by atoms with van der Waals surface area (Å²) in [6.07, 6.45) is -1.26. The van der Waals surface area contributed by atoms with Crippen LogP contribution in [0.25, 0.3) is 0 Å². The number of amides is 1. The molecule has 0 saturated carbocycles. The minimum absolute atomic E-state index is 0.236. The molecular weight excluding hydrogens is 370 g/mol. The van der Waals surface area contributed by atoms with E-state index in [1.807, 2.05) is 74.2 Å². The lowest BCUT2D eigenvalue weighted by Gasteiger charge is -2.47. The average Bonchev–Trinajstić information content (AvgIpc) is 2.67. The standard InChI is InChI=1S/C22H27N3O4/c1-22(2,3)29-21(27)24-12-14(23)20(26)17(13-24)25-15-8-4-6-10-18(15)28-19-11-7-5-9-16(19)25/h4-11,14,17,20,26H,12-13,23H2,1-3H3/t14-,17?,20+/m1/s1. The Morgan fingerprint density at radius 3 is 2.17 bits per heavy atom. The minimum Gasteiger partial charge on any atom is -0.453 e. The molecule has 0 aliphatic carbocycles. The Labute approximate surface area is 170 Å². The highest BCUT2D eigenvalue weighted by molar-refractivity contribution is 5.79. The van der Waals surface area contributed by atoms with Crippen LogP contribution in [0.4, 0.5) is 16.2 Å². The highest BCUT2D eigenvalue weighted by Gasteiger charge is 2.43. The predicted molar refractivity (Wildman–Crippen MR) is 111 cm³/mol. The number of hydrogen-bond acceptors (Lipinski definition) is 6. The monoisotopic (exact) mass is 397 g/mol. The van der Waals surface area contributed by atoms with Gasteiger partial charge < -0.3 is 30.1 Å². The number of rotatable bonds is 1. The fraction of sp³-hybridized carbons (Fsp3) is 0.409. The number of ether oxygens (including phenoxy) is 2. The fourth-order valence-electron chi connectivity index (χ4n) is 3.86. The second-order valence-electron chi connectivity index (χ2n) is 8.51. The summed E-state index contributed by atoms with van der Waals surface area (Å²) in [5.74, 6) is 1.39. The lowest BCUT2D eigenvalue weighted by atomic mass is 9.94. The van der Waals surface area contributed by atoms with E-state index in [4.69, 9.17) is 15.2 Å². The molecule has 1 fully saturated rings. The number of aliphatic hydroxyl groups is 1. The first-order chi connectivity index (χ1) is 13.7. The zero-order valence-corrected chi connectivity index (χ0v) is 16.9. The van der Waals surface area contributed by atoms with E-state index in [-0.39, 0.29) is 13.1 Å². The molecule has 2 aromatic carbocycles. The van der Waals surface area contributed by atoms with Crippen LogP contribution >= 0.6 is 0 Å². The SMILES string of the molecule is CC(C)(C)OC(=O)N1CC(N2c3ccccc3Oc3ccccc32)[C@@H](O)[C@H](N)C1. The van der Waals surface area contributed by atoms with Gasteiger partial charge >= 0.3 is 6.09 Å². The summed E-state index contributed by atoms with van der Waals surface area (Å²) in [5.41, 5.74) is 7.30. The Morgan fingerprint density at radius 2 is 1.62 bits per heavy atom. The second-order valence-corrected chi connectivity index (χ2v) is 8.51. The lowest BCUT2D eigenvalue weighted by Crippen LogP contribution is -2.64. The maximum Gasteiger partial charge on any atom is 0.410 e. The highest BCUT2D eigenvalue weighted by atomic mass is 16.6. The van der Waals surface area contributed by atoms with Crippen LogP contribution < -0.4 is 15.4 Å². The van der Waals surface area contributed by atoms with Gasteiger partial charge in [0.25, 0.3) is 0 Å². The normalized spacial score (nSPS) is 23.7. The molecule has 2 heterocycles. The summed E-state index contributed by atoms with van der Waals surface area (Å²) in [4.78, 5) is 16.3. The third-order valence-electron chi connectivity index (χ3n) is 5.12. The molecule has 0 bridgehead atoms. The number of benzene rings is 2. The quantitative estimate of drug-likeness (QED) is 0.768. The van der Waals surface area contributed by atoms with Crippen LogP contribution in [0.2, 0.25) is 0 Å². The van der Waals surface area contributed by atoms with Crippen molar-refractivity contribution >= 4 is 17.5 Å². The lowest BCUT2D eigenvalue weighted by molar-refractivity contribution is -0.00132. The molecule has 3 atom stereocenters. The molecule has 1 saturated heterocycles. The Morgan fingerprint density at radius 1 is 1.07 bits per heavy atom. The van der Waals surface area contributed by atoms with Crippen molar-refractivity contribution < 1.29 is 19.4 Å². The van der Waals surface area contributed by atoms with Crippen LogP contribution in [0.15, 0.2) is 48.5 Å². The van der Waals surface area contributed by atoms with Crippen LogP contribution in [-0.4, -0.2) is 53.0 Å². The molecule has 1 unspecified atom stereocenters. The van der Waals surface area contributed by atoms with Gasteiger partial charge in [-0.2, -0.15) is 0 Å². The number of carbonyl (C=O) groups excluding carboxylic acids is 1. The van der Waals surface area contributed by atoms with Crippen molar-refractivity contribution in [1.29, 1.82) is 0 Å². The van der Waals surface area contributed by atoms with Crippen molar-refractivity contribution in [2.75, 3.05) is 18.0 Å². The van der Waals surface area contributed by atoms with E-state index >= 15 is 0 Å². The Bertz CT molecular complexity index is 865. The van der Waals surface area contributed by atoms with E-state index in [1.54, 1.807) is 4.90 Å². The molecule has 3 N–H and O–H groups in total. The summed E-state index contributed by atoms with van der Waals surface area (Å²) < 4.78 is 11.6. The summed E-state index contributed by atoms with van der Waals surface area (Å²) in [6.45, 7) is 6.01. The molecule has 0 aromatic heterocycles. The molecule has 0 radical (unpaired) electrons. The maximum absolute atomic E-state index is 12.7. The van der Waals surface area contributed by atoms with Crippen molar-refractivity contribution in [3.63, 3.8) is 0 Å². The number of fused-ring (bicyclic) bond motifs is 2. The van der Waals surface area contributed by atoms with Crippen molar-refractivity contribution in [1.82, 2.24) is 4.90 Å². The zero-order valence-electron chi connectivity index (χ0n) is 16.9. The van der Waals surface area contributed by atoms with Gasteiger partial charge in [0, 0.05) is 13.1 Å². The second kappa shape index (κ2) is 7.24. The number of piperidine rings is 1. The van der Waals surface area contributed by atoms with Crippen LogP contribution in [0.1, 0.15) is 20.8 Å². The van der Waals surface area contributed by atoms with Gasteiger partial charge in [0.05, 0.1) is 29.6 Å². The molecule has 0 spiro atoms. The van der Waals surface area contributed by atoms with Crippen LogP contribution in [0.3, 0.4) is 0 Å². The smallest absolute Gasteiger partial charge is 0.410 e. The predicted octanol–water partition coefficient (Wildman–Crippen LogP) is 3.24. The third-order valence-corrected chi connectivity index (χ3v) is 5.12. The molecule has 2 aliphatic heterocycles. The number of anilines is 2. The molecule has 154 valence electrons. The highest BCUT2D eigenvalue weighted by Crippen LogP contribution is 2.48. The van der Waals surface area contributed by atoms with Crippen molar-refractivity contribution in [2.24, 2.45) is 5.73 Å². The zero-order chi connectivity index (χ0) is 20.8. The van der Waals surface area contributed by atoms with E-state index in [0.29, 0.717) is 11.5 Å². The van der Waals surface area contributed by atoms with E-state index in [2.05, 4.69) is 0 Å². The van der Waals surface area contributed by atoms with E-state index in [9.17, 15) is 9.90 Å². The molecule has 2 aliphatic rings. The average molecular weight is 397 g/mol.